The number of carboxylic acid groups (broad SMARTS) is 1. The van der Waals surface area contributed by atoms with Crippen LogP contribution in [-0.4, -0.2) is 36.1 Å². The number of amides is 1. The van der Waals surface area contributed by atoms with Crippen molar-refractivity contribution in [3.05, 3.63) is 12.7 Å². The molecule has 0 aliphatic rings. The van der Waals surface area contributed by atoms with Crippen molar-refractivity contribution in [2.75, 3.05) is 13.1 Å². The van der Waals surface area contributed by atoms with Crippen LogP contribution in [0.3, 0.4) is 0 Å². The molecule has 5 heteroatoms. The van der Waals surface area contributed by atoms with Crippen LogP contribution in [0.25, 0.3) is 0 Å². The van der Waals surface area contributed by atoms with Crippen molar-refractivity contribution >= 4 is 11.9 Å². The lowest BCUT2D eigenvalue weighted by Gasteiger charge is -2.17. The molecule has 0 aliphatic heterocycles. The molecule has 3 N–H and O–H groups in total. The molecule has 1 amide bonds. The summed E-state index contributed by atoms with van der Waals surface area (Å²) < 4.78 is 0. The van der Waals surface area contributed by atoms with Crippen molar-refractivity contribution in [2.45, 2.75) is 19.9 Å². The summed E-state index contributed by atoms with van der Waals surface area (Å²) in [5.41, 5.74) is 0. The summed E-state index contributed by atoms with van der Waals surface area (Å²) in [6.45, 7) is 7.60. The van der Waals surface area contributed by atoms with Gasteiger partial charge in [0.1, 0.15) is 6.04 Å². The first-order chi connectivity index (χ1) is 6.99. The van der Waals surface area contributed by atoms with E-state index in [1.54, 1.807) is 19.9 Å². The molecule has 0 saturated heterocycles. The average molecular weight is 214 g/mol. The number of hydrogen-bond acceptors (Lipinski definition) is 3. The first kappa shape index (κ1) is 13.6. The lowest BCUT2D eigenvalue weighted by molar-refractivity contribution is -0.142. The van der Waals surface area contributed by atoms with E-state index in [4.69, 9.17) is 5.11 Å². The number of aliphatic carboxylic acids is 1. The maximum absolute atomic E-state index is 11.3. The molecule has 0 aromatic carbocycles. The molecule has 0 bridgehead atoms. The summed E-state index contributed by atoms with van der Waals surface area (Å²) in [4.78, 5) is 22.0. The minimum Gasteiger partial charge on any atom is -0.480 e. The van der Waals surface area contributed by atoms with Crippen molar-refractivity contribution in [3.63, 3.8) is 0 Å². The summed E-state index contributed by atoms with van der Waals surface area (Å²) in [5, 5.41) is 14.0. The molecule has 0 rings (SSSR count). The molecule has 0 heterocycles. The third-order valence-corrected chi connectivity index (χ3v) is 1.82. The second-order valence-corrected chi connectivity index (χ2v) is 3.55. The van der Waals surface area contributed by atoms with Crippen molar-refractivity contribution in [2.24, 2.45) is 5.92 Å². The molecule has 0 aromatic rings. The molecule has 0 saturated carbocycles. The van der Waals surface area contributed by atoms with Gasteiger partial charge in [0.05, 0.1) is 6.54 Å². The lowest BCUT2D eigenvalue weighted by Crippen LogP contribution is -2.47. The van der Waals surface area contributed by atoms with Crippen LogP contribution < -0.4 is 10.6 Å². The van der Waals surface area contributed by atoms with E-state index in [-0.39, 0.29) is 18.4 Å². The number of carboxylic acids is 1. The highest BCUT2D eigenvalue weighted by atomic mass is 16.4. The number of hydrogen-bond donors (Lipinski definition) is 3. The highest BCUT2D eigenvalue weighted by Gasteiger charge is 2.22. The number of carbonyl (C=O) groups is 2. The third-order valence-electron chi connectivity index (χ3n) is 1.82. The van der Waals surface area contributed by atoms with Gasteiger partial charge in [0.2, 0.25) is 5.91 Å². The molecule has 86 valence electrons. The van der Waals surface area contributed by atoms with Crippen molar-refractivity contribution in [1.82, 2.24) is 10.6 Å². The predicted molar refractivity (Wildman–Crippen MR) is 57.5 cm³/mol. The van der Waals surface area contributed by atoms with Gasteiger partial charge in [-0.05, 0) is 5.92 Å². The second kappa shape index (κ2) is 7.00. The van der Waals surface area contributed by atoms with Crippen molar-refractivity contribution in [3.8, 4) is 0 Å². The molecule has 0 aliphatic carbocycles. The molecular formula is C10H18N2O3. The summed E-state index contributed by atoms with van der Waals surface area (Å²) in [6, 6.07) is -0.831. The minimum atomic E-state index is -1.01. The molecule has 15 heavy (non-hydrogen) atoms. The van der Waals surface area contributed by atoms with Gasteiger partial charge in [0.15, 0.2) is 0 Å². The maximum Gasteiger partial charge on any atom is 0.326 e. The Kier molecular flexibility index (Phi) is 6.37. The normalized spacial score (nSPS) is 12.2. The highest BCUT2D eigenvalue weighted by molar-refractivity contribution is 5.84. The van der Waals surface area contributed by atoms with Crippen molar-refractivity contribution in [1.29, 1.82) is 0 Å². The zero-order valence-corrected chi connectivity index (χ0v) is 9.12. The van der Waals surface area contributed by atoms with E-state index in [0.717, 1.165) is 0 Å². The zero-order chi connectivity index (χ0) is 11.8. The Bertz CT molecular complexity index is 239. The third kappa shape index (κ3) is 5.85. The molecule has 0 radical (unpaired) electrons. The minimum absolute atomic E-state index is 0.0997. The van der Waals surface area contributed by atoms with Gasteiger partial charge in [-0.25, -0.2) is 4.79 Å². The van der Waals surface area contributed by atoms with Gasteiger partial charge in [0.25, 0.3) is 0 Å². The smallest absolute Gasteiger partial charge is 0.326 e. The highest BCUT2D eigenvalue weighted by Crippen LogP contribution is 2.00. The zero-order valence-electron chi connectivity index (χ0n) is 9.12. The maximum atomic E-state index is 11.3. The Balaban J connectivity index is 4.00. The second-order valence-electron chi connectivity index (χ2n) is 3.55. The SMILES string of the molecule is C=CCNCC(=O)NC(C(=O)O)C(C)C. The number of nitrogens with one attached hydrogen (secondary N) is 2. The van der Waals surface area contributed by atoms with Gasteiger partial charge in [-0.3, -0.25) is 4.79 Å². The van der Waals surface area contributed by atoms with Gasteiger partial charge in [0, 0.05) is 6.54 Å². The van der Waals surface area contributed by atoms with Crippen LogP contribution in [0.4, 0.5) is 0 Å². The molecule has 0 aromatic heterocycles. The van der Waals surface area contributed by atoms with E-state index in [9.17, 15) is 9.59 Å². The Morgan fingerprint density at radius 1 is 1.47 bits per heavy atom. The molecule has 0 fully saturated rings. The summed E-state index contributed by atoms with van der Waals surface area (Å²) in [6.07, 6.45) is 1.63. The molecular weight excluding hydrogens is 196 g/mol. The molecule has 5 nitrogen and oxygen atoms in total. The van der Waals surface area contributed by atoms with Gasteiger partial charge < -0.3 is 15.7 Å². The Morgan fingerprint density at radius 3 is 2.47 bits per heavy atom. The topological polar surface area (TPSA) is 78.4 Å². The summed E-state index contributed by atoms with van der Waals surface area (Å²) in [5.74, 6) is -1.47. The van der Waals surface area contributed by atoms with Gasteiger partial charge in [-0.2, -0.15) is 0 Å². The first-order valence-electron chi connectivity index (χ1n) is 4.82. The number of rotatable bonds is 7. The molecule has 0 spiro atoms. The standard InChI is InChI=1S/C10H18N2O3/c1-4-5-11-6-8(13)12-9(7(2)3)10(14)15/h4,7,9,11H,1,5-6H2,2-3H3,(H,12,13)(H,14,15). The van der Waals surface area contributed by atoms with E-state index in [2.05, 4.69) is 17.2 Å². The van der Waals surface area contributed by atoms with E-state index >= 15 is 0 Å². The van der Waals surface area contributed by atoms with Gasteiger partial charge in [-0.15, -0.1) is 6.58 Å². The van der Waals surface area contributed by atoms with Crippen LogP contribution in [0, 0.1) is 5.92 Å². The summed E-state index contributed by atoms with van der Waals surface area (Å²) >= 11 is 0. The predicted octanol–water partition coefficient (Wildman–Crippen LogP) is -0.0126. The fourth-order valence-corrected chi connectivity index (χ4v) is 1.03. The Labute approximate surface area is 89.6 Å². The van der Waals surface area contributed by atoms with Gasteiger partial charge in [-0.1, -0.05) is 19.9 Å². The average Bonchev–Trinajstić information content (AvgIpc) is 2.13. The molecule has 1 unspecified atom stereocenters. The van der Waals surface area contributed by atoms with E-state index in [0.29, 0.717) is 6.54 Å². The monoisotopic (exact) mass is 214 g/mol. The quantitative estimate of drug-likeness (QED) is 0.411. The van der Waals surface area contributed by atoms with Crippen LogP contribution in [-0.2, 0) is 9.59 Å². The molecule has 1 atom stereocenters. The van der Waals surface area contributed by atoms with Crippen LogP contribution in [0.1, 0.15) is 13.8 Å². The van der Waals surface area contributed by atoms with Crippen LogP contribution in [0.15, 0.2) is 12.7 Å². The lowest BCUT2D eigenvalue weighted by atomic mass is 10.1. The first-order valence-corrected chi connectivity index (χ1v) is 4.82. The van der Waals surface area contributed by atoms with E-state index in [1.807, 2.05) is 0 Å². The number of carbonyl (C=O) groups excluding carboxylic acids is 1. The van der Waals surface area contributed by atoms with Crippen LogP contribution in [0.2, 0.25) is 0 Å². The van der Waals surface area contributed by atoms with E-state index in [1.165, 1.54) is 0 Å². The van der Waals surface area contributed by atoms with Crippen LogP contribution in [0.5, 0.6) is 0 Å². The summed E-state index contributed by atoms with van der Waals surface area (Å²) in [7, 11) is 0. The van der Waals surface area contributed by atoms with E-state index < -0.39 is 12.0 Å². The fraction of sp³-hybridized carbons (Fsp3) is 0.600. The van der Waals surface area contributed by atoms with Crippen molar-refractivity contribution < 1.29 is 14.7 Å². The fourth-order valence-electron chi connectivity index (χ4n) is 1.03. The Hall–Kier alpha value is -1.36. The largest absolute Gasteiger partial charge is 0.480 e. The van der Waals surface area contributed by atoms with Gasteiger partial charge >= 0.3 is 5.97 Å². The Morgan fingerprint density at radius 2 is 2.07 bits per heavy atom. The van der Waals surface area contributed by atoms with Crippen LogP contribution >= 0.6 is 0 Å².